The van der Waals surface area contributed by atoms with E-state index in [2.05, 4.69) is 4.98 Å². The van der Waals surface area contributed by atoms with Gasteiger partial charge in [0.25, 0.3) is 0 Å². The van der Waals surface area contributed by atoms with Crippen LogP contribution in [-0.2, 0) is 22.4 Å². The smallest absolute Gasteiger partial charge is 0.307 e. The molecule has 0 aliphatic heterocycles. The van der Waals surface area contributed by atoms with Gasteiger partial charge in [-0.15, -0.1) is 11.3 Å². The summed E-state index contributed by atoms with van der Waals surface area (Å²) in [5, 5.41) is 12.1. The third kappa shape index (κ3) is 5.97. The Hall–Kier alpha value is -3.06. The van der Waals surface area contributed by atoms with E-state index in [4.69, 9.17) is 4.74 Å². The lowest BCUT2D eigenvalue weighted by atomic mass is 9.93. The molecule has 0 aliphatic carbocycles. The van der Waals surface area contributed by atoms with Crippen LogP contribution in [0.1, 0.15) is 24.6 Å². The number of carbonyl (C=O) groups is 2. The number of Topliss-reactive ketones (excluding diaryl/α,β-unsaturated/α-hetero) is 1. The van der Waals surface area contributed by atoms with Gasteiger partial charge in [-0.2, -0.15) is 0 Å². The summed E-state index contributed by atoms with van der Waals surface area (Å²) in [7, 11) is 0. The molecule has 1 N–H and O–H groups in total. The first-order valence-electron chi connectivity index (χ1n) is 9.61. The van der Waals surface area contributed by atoms with Gasteiger partial charge in [-0.25, -0.2) is 9.37 Å². The van der Waals surface area contributed by atoms with Crippen molar-refractivity contribution in [1.29, 1.82) is 0 Å². The average Bonchev–Trinajstić information content (AvgIpc) is 3.18. The number of nitrogens with zero attached hydrogens (tertiary/aromatic N) is 1. The number of ketones is 1. The Bertz CT molecular complexity index is 999. The molecule has 2 aromatic carbocycles. The number of benzene rings is 2. The van der Waals surface area contributed by atoms with Crippen LogP contribution in [0.2, 0.25) is 0 Å². The third-order valence-electron chi connectivity index (χ3n) is 4.56. The van der Waals surface area contributed by atoms with Crippen molar-refractivity contribution in [2.45, 2.75) is 26.2 Å². The highest BCUT2D eigenvalue weighted by Gasteiger charge is 2.22. The highest BCUT2D eigenvalue weighted by Crippen LogP contribution is 2.26. The van der Waals surface area contributed by atoms with Crippen LogP contribution < -0.4 is 4.74 Å². The first-order chi connectivity index (χ1) is 14.4. The second kappa shape index (κ2) is 10.1. The number of aliphatic carboxylic acids is 1. The van der Waals surface area contributed by atoms with Gasteiger partial charge in [-0.05, 0) is 55.3 Å². The van der Waals surface area contributed by atoms with Gasteiger partial charge in [-0.1, -0.05) is 12.1 Å². The Kier molecular flexibility index (Phi) is 7.30. The molecule has 0 aliphatic rings. The third-order valence-corrected chi connectivity index (χ3v) is 5.50. The molecule has 1 heterocycles. The second-order valence-electron chi connectivity index (χ2n) is 6.89. The molecule has 156 valence electrons. The predicted molar refractivity (Wildman–Crippen MR) is 113 cm³/mol. The molecule has 0 spiro atoms. The molecule has 5 nitrogen and oxygen atoms in total. The van der Waals surface area contributed by atoms with Crippen molar-refractivity contribution in [3.05, 3.63) is 71.0 Å². The van der Waals surface area contributed by atoms with E-state index in [1.807, 2.05) is 36.6 Å². The SMILES string of the molecule is CCOc1ccc(-c2nc(CC(=O)CC(Cc3ccc(F)cc3)C(=O)O)cs2)cc1. The van der Waals surface area contributed by atoms with Gasteiger partial charge >= 0.3 is 5.97 Å². The van der Waals surface area contributed by atoms with Crippen LogP contribution in [-0.4, -0.2) is 28.4 Å². The monoisotopic (exact) mass is 427 g/mol. The highest BCUT2D eigenvalue weighted by molar-refractivity contribution is 7.13. The Morgan fingerprint density at radius 2 is 1.83 bits per heavy atom. The number of hydrogen-bond donors (Lipinski definition) is 1. The van der Waals surface area contributed by atoms with Gasteiger partial charge in [0.2, 0.25) is 0 Å². The summed E-state index contributed by atoms with van der Waals surface area (Å²) in [5.74, 6) is -1.68. The van der Waals surface area contributed by atoms with Crippen molar-refractivity contribution in [2.24, 2.45) is 5.92 Å². The maximum atomic E-state index is 13.0. The summed E-state index contributed by atoms with van der Waals surface area (Å²) in [5.41, 5.74) is 2.24. The second-order valence-corrected chi connectivity index (χ2v) is 7.74. The summed E-state index contributed by atoms with van der Waals surface area (Å²) in [4.78, 5) is 28.5. The maximum Gasteiger partial charge on any atom is 0.307 e. The van der Waals surface area contributed by atoms with Crippen LogP contribution in [0.3, 0.4) is 0 Å². The van der Waals surface area contributed by atoms with Crippen LogP contribution in [0.15, 0.2) is 53.9 Å². The van der Waals surface area contributed by atoms with E-state index in [0.29, 0.717) is 17.9 Å². The molecular weight excluding hydrogens is 405 g/mol. The van der Waals surface area contributed by atoms with Crippen molar-refractivity contribution < 1.29 is 23.8 Å². The maximum absolute atomic E-state index is 13.0. The summed E-state index contributed by atoms with van der Waals surface area (Å²) in [6, 6.07) is 13.2. The molecule has 0 saturated carbocycles. The molecule has 1 aromatic heterocycles. The molecule has 0 amide bonds. The molecular formula is C23H22FNO4S. The molecule has 0 radical (unpaired) electrons. The summed E-state index contributed by atoms with van der Waals surface area (Å²) >= 11 is 1.44. The van der Waals surface area contributed by atoms with Crippen LogP contribution in [0.25, 0.3) is 10.6 Å². The number of thiazole rings is 1. The number of ether oxygens (including phenoxy) is 1. The minimum absolute atomic E-state index is 0.0841. The van der Waals surface area contributed by atoms with Gasteiger partial charge in [0.1, 0.15) is 22.4 Å². The Morgan fingerprint density at radius 3 is 2.47 bits per heavy atom. The van der Waals surface area contributed by atoms with E-state index in [9.17, 15) is 19.1 Å². The number of carbonyl (C=O) groups excluding carboxylic acids is 1. The van der Waals surface area contributed by atoms with Crippen LogP contribution in [0.4, 0.5) is 4.39 Å². The van der Waals surface area contributed by atoms with Crippen LogP contribution >= 0.6 is 11.3 Å². The number of aromatic nitrogens is 1. The minimum atomic E-state index is -1.04. The zero-order valence-electron chi connectivity index (χ0n) is 16.5. The fraction of sp³-hybridized carbons (Fsp3) is 0.261. The van der Waals surface area contributed by atoms with Crippen molar-refractivity contribution in [3.8, 4) is 16.3 Å². The molecule has 30 heavy (non-hydrogen) atoms. The lowest BCUT2D eigenvalue weighted by molar-refractivity contribution is -0.143. The molecule has 0 bridgehead atoms. The fourth-order valence-electron chi connectivity index (χ4n) is 3.08. The first kappa shape index (κ1) is 21.6. The quantitative estimate of drug-likeness (QED) is 0.503. The minimum Gasteiger partial charge on any atom is -0.494 e. The van der Waals surface area contributed by atoms with Crippen molar-refractivity contribution in [2.75, 3.05) is 6.61 Å². The summed E-state index contributed by atoms with van der Waals surface area (Å²) < 4.78 is 18.5. The van der Waals surface area contributed by atoms with Gasteiger partial charge < -0.3 is 9.84 Å². The number of halogens is 1. The predicted octanol–water partition coefficient (Wildman–Crippen LogP) is 4.79. The normalized spacial score (nSPS) is 11.8. The zero-order valence-corrected chi connectivity index (χ0v) is 17.3. The van der Waals surface area contributed by atoms with E-state index in [1.54, 1.807) is 12.1 Å². The summed E-state index contributed by atoms with van der Waals surface area (Å²) in [6.07, 6.45) is 0.166. The molecule has 0 saturated heterocycles. The van der Waals surface area contributed by atoms with Crippen molar-refractivity contribution >= 4 is 23.1 Å². The van der Waals surface area contributed by atoms with E-state index in [-0.39, 0.29) is 30.9 Å². The van der Waals surface area contributed by atoms with Gasteiger partial charge in [0.15, 0.2) is 0 Å². The Labute approximate surface area is 178 Å². The van der Waals surface area contributed by atoms with Gasteiger partial charge in [0, 0.05) is 23.8 Å². The molecule has 0 fully saturated rings. The Balaban J connectivity index is 1.60. The standard InChI is InChI=1S/C23H22FNO4S/c1-2-29-21-9-5-16(6-10-21)22-25-19(14-30-22)13-20(26)12-17(23(27)28)11-15-3-7-18(24)8-4-15/h3-10,14,17H,2,11-13H2,1H3,(H,27,28). The van der Waals surface area contributed by atoms with Gasteiger partial charge in [0.05, 0.1) is 18.2 Å². The lowest BCUT2D eigenvalue weighted by Gasteiger charge is -2.11. The molecule has 7 heteroatoms. The van der Waals surface area contributed by atoms with Crippen molar-refractivity contribution in [1.82, 2.24) is 4.98 Å². The van der Waals surface area contributed by atoms with Crippen molar-refractivity contribution in [3.63, 3.8) is 0 Å². The highest BCUT2D eigenvalue weighted by atomic mass is 32.1. The number of carboxylic acid groups (broad SMARTS) is 1. The van der Waals surface area contributed by atoms with E-state index < -0.39 is 11.9 Å². The summed E-state index contributed by atoms with van der Waals surface area (Å²) in [6.45, 7) is 2.52. The van der Waals surface area contributed by atoms with E-state index >= 15 is 0 Å². The number of hydrogen-bond acceptors (Lipinski definition) is 5. The van der Waals surface area contributed by atoms with Crippen LogP contribution in [0.5, 0.6) is 5.75 Å². The lowest BCUT2D eigenvalue weighted by Crippen LogP contribution is -2.21. The zero-order chi connectivity index (χ0) is 21.5. The Morgan fingerprint density at radius 1 is 1.13 bits per heavy atom. The first-order valence-corrected chi connectivity index (χ1v) is 10.5. The average molecular weight is 427 g/mol. The molecule has 1 atom stereocenters. The molecule has 1 unspecified atom stereocenters. The van der Waals surface area contributed by atoms with E-state index in [0.717, 1.165) is 16.3 Å². The molecule has 3 aromatic rings. The molecule has 3 rings (SSSR count). The van der Waals surface area contributed by atoms with Crippen LogP contribution in [0, 0.1) is 11.7 Å². The topological polar surface area (TPSA) is 76.5 Å². The largest absolute Gasteiger partial charge is 0.494 e. The fourth-order valence-corrected chi connectivity index (χ4v) is 3.91. The number of carboxylic acids is 1. The van der Waals surface area contributed by atoms with Gasteiger partial charge in [-0.3, -0.25) is 9.59 Å². The van der Waals surface area contributed by atoms with E-state index in [1.165, 1.54) is 23.5 Å². The number of rotatable bonds is 10.